The highest BCUT2D eigenvalue weighted by Gasteiger charge is 2.29. The van der Waals surface area contributed by atoms with Crippen molar-refractivity contribution in [1.82, 2.24) is 20.1 Å². The smallest absolute Gasteiger partial charge is 0.265 e. The second kappa shape index (κ2) is 11.3. The summed E-state index contributed by atoms with van der Waals surface area (Å²) >= 11 is 0. The molecule has 0 radical (unpaired) electrons. The molecule has 1 aliphatic rings. The molecule has 0 saturated carbocycles. The van der Waals surface area contributed by atoms with Crippen LogP contribution in [0, 0.1) is 6.92 Å². The summed E-state index contributed by atoms with van der Waals surface area (Å²) in [5.41, 5.74) is 8.86. The van der Waals surface area contributed by atoms with Crippen LogP contribution in [0.1, 0.15) is 36.6 Å². The number of hydrogen-bond donors (Lipinski definition) is 3. The predicted octanol–water partition coefficient (Wildman–Crippen LogP) is 1.98. The molecule has 11 heteroatoms. The Balaban J connectivity index is 0.00000385. The van der Waals surface area contributed by atoms with Gasteiger partial charge < -0.3 is 11.1 Å². The summed E-state index contributed by atoms with van der Waals surface area (Å²) in [6.45, 7) is 4.05. The van der Waals surface area contributed by atoms with Crippen LogP contribution >= 0.6 is 12.4 Å². The van der Waals surface area contributed by atoms with E-state index in [1.54, 1.807) is 56.3 Å². The van der Waals surface area contributed by atoms with Gasteiger partial charge in [-0.2, -0.15) is 0 Å². The normalized spacial score (nSPS) is 14.1. The number of nitrogen functional groups attached to an aromatic ring is 1. The third-order valence-corrected chi connectivity index (χ3v) is 6.42. The number of aromatic nitrogens is 1. The highest BCUT2D eigenvalue weighted by molar-refractivity contribution is 7.88. The van der Waals surface area contributed by atoms with Gasteiger partial charge in [-0.25, -0.2) is 13.4 Å². The number of nitrogens with zero attached hydrogens (tertiary/aromatic N) is 2. The third-order valence-electron chi connectivity index (χ3n) is 5.21. The summed E-state index contributed by atoms with van der Waals surface area (Å²) in [4.78, 5) is 31.9. The third kappa shape index (κ3) is 7.28. The number of carbonyl (C=O) groups is 2. The zero-order valence-corrected chi connectivity index (χ0v) is 20.1. The van der Waals surface area contributed by atoms with Crippen molar-refractivity contribution in [3.63, 3.8) is 0 Å². The number of aryl methyl sites for hydroxylation is 1. The zero-order valence-electron chi connectivity index (χ0n) is 18.5. The molecule has 0 unspecified atom stereocenters. The van der Waals surface area contributed by atoms with E-state index < -0.39 is 15.9 Å². The number of benzene rings is 1. The van der Waals surface area contributed by atoms with Gasteiger partial charge in [-0.05, 0) is 37.5 Å². The first-order chi connectivity index (χ1) is 15.1. The SMILES string of the molecule is CC1=C(CC(=O)NCc2ccc(N)nc2C)C(=O)N(NS(=O)(=O)Cc2ccccc2)CC1.Cl. The monoisotopic (exact) mass is 493 g/mol. The second-order valence-electron chi connectivity index (χ2n) is 7.74. The number of nitrogens with two attached hydrogens (primary N) is 1. The number of rotatable bonds is 8. The first-order valence-corrected chi connectivity index (χ1v) is 11.8. The number of amides is 2. The highest BCUT2D eigenvalue weighted by atomic mass is 35.5. The molecule has 2 heterocycles. The molecule has 1 aromatic carbocycles. The van der Waals surface area contributed by atoms with E-state index in [9.17, 15) is 18.0 Å². The summed E-state index contributed by atoms with van der Waals surface area (Å²) < 4.78 is 25.0. The Morgan fingerprint density at radius 3 is 2.52 bits per heavy atom. The van der Waals surface area contributed by atoms with Crippen molar-refractivity contribution in [2.75, 3.05) is 12.3 Å². The number of hydrogen-bond acceptors (Lipinski definition) is 6. The van der Waals surface area contributed by atoms with Gasteiger partial charge in [0.05, 0.1) is 12.2 Å². The molecule has 0 aliphatic carbocycles. The summed E-state index contributed by atoms with van der Waals surface area (Å²) in [5, 5.41) is 3.85. The Bertz CT molecular complexity index is 1150. The van der Waals surface area contributed by atoms with Crippen LogP contribution in [-0.4, -0.2) is 36.8 Å². The van der Waals surface area contributed by atoms with Crippen LogP contribution in [0.2, 0.25) is 0 Å². The van der Waals surface area contributed by atoms with Gasteiger partial charge in [0, 0.05) is 24.4 Å². The van der Waals surface area contributed by atoms with Crippen LogP contribution < -0.4 is 15.9 Å². The number of sulfonamides is 1. The minimum atomic E-state index is -3.78. The maximum Gasteiger partial charge on any atom is 0.265 e. The fraction of sp³-hybridized carbons (Fsp3) is 0.318. The van der Waals surface area contributed by atoms with Crippen LogP contribution in [0.25, 0.3) is 0 Å². The van der Waals surface area contributed by atoms with Crippen LogP contribution in [0.3, 0.4) is 0 Å². The maximum absolute atomic E-state index is 12.9. The van der Waals surface area contributed by atoms with Gasteiger partial charge in [0.15, 0.2) is 0 Å². The van der Waals surface area contributed by atoms with E-state index in [4.69, 9.17) is 5.73 Å². The molecular weight excluding hydrogens is 466 g/mol. The molecule has 1 aromatic heterocycles. The Kier molecular flexibility index (Phi) is 8.98. The Hall–Kier alpha value is -2.95. The fourth-order valence-electron chi connectivity index (χ4n) is 3.40. The molecule has 1 aliphatic heterocycles. The van der Waals surface area contributed by atoms with Gasteiger partial charge in [0.1, 0.15) is 5.82 Å². The lowest BCUT2D eigenvalue weighted by Crippen LogP contribution is -2.49. The van der Waals surface area contributed by atoms with Gasteiger partial charge in [0.25, 0.3) is 5.91 Å². The lowest BCUT2D eigenvalue weighted by molar-refractivity contribution is -0.131. The van der Waals surface area contributed by atoms with Crippen molar-refractivity contribution < 1.29 is 18.0 Å². The predicted molar refractivity (Wildman–Crippen MR) is 128 cm³/mol. The van der Waals surface area contributed by atoms with Crippen molar-refractivity contribution in [3.8, 4) is 0 Å². The molecular formula is C22H28ClN5O4S. The van der Waals surface area contributed by atoms with Crippen molar-refractivity contribution in [3.05, 3.63) is 70.4 Å². The second-order valence-corrected chi connectivity index (χ2v) is 9.44. The molecule has 3 rings (SSSR count). The lowest BCUT2D eigenvalue weighted by atomic mass is 9.98. The van der Waals surface area contributed by atoms with Crippen LogP contribution in [0.4, 0.5) is 5.82 Å². The lowest BCUT2D eigenvalue weighted by Gasteiger charge is -2.29. The number of pyridine rings is 1. The van der Waals surface area contributed by atoms with Gasteiger partial charge in [-0.1, -0.05) is 42.0 Å². The first-order valence-electron chi connectivity index (χ1n) is 10.2. The van der Waals surface area contributed by atoms with E-state index in [-0.39, 0.29) is 43.6 Å². The number of halogens is 1. The van der Waals surface area contributed by atoms with Gasteiger partial charge >= 0.3 is 0 Å². The molecule has 0 atom stereocenters. The number of hydrazine groups is 1. The number of anilines is 1. The van der Waals surface area contributed by atoms with Crippen molar-refractivity contribution in [2.45, 2.75) is 39.0 Å². The van der Waals surface area contributed by atoms with Crippen molar-refractivity contribution in [2.24, 2.45) is 0 Å². The largest absolute Gasteiger partial charge is 0.384 e. The molecule has 2 amide bonds. The quantitative estimate of drug-likeness (QED) is 0.514. The Morgan fingerprint density at radius 2 is 1.85 bits per heavy atom. The molecule has 0 spiro atoms. The van der Waals surface area contributed by atoms with E-state index in [0.717, 1.165) is 16.1 Å². The molecule has 33 heavy (non-hydrogen) atoms. The van der Waals surface area contributed by atoms with Gasteiger partial charge in [-0.3, -0.25) is 14.6 Å². The number of carbonyl (C=O) groups excluding carboxylic acids is 2. The van der Waals surface area contributed by atoms with Crippen molar-refractivity contribution in [1.29, 1.82) is 0 Å². The molecule has 4 N–H and O–H groups in total. The molecule has 0 fully saturated rings. The van der Waals surface area contributed by atoms with Gasteiger partial charge in [0.2, 0.25) is 15.9 Å². The fourth-order valence-corrected chi connectivity index (χ4v) is 4.60. The van der Waals surface area contributed by atoms with Crippen LogP contribution in [0.15, 0.2) is 53.6 Å². The topological polar surface area (TPSA) is 134 Å². The standard InChI is InChI=1S/C22H27N5O4S.ClH/c1-15-10-11-27(26-32(30,31)14-17-6-4-3-5-7-17)22(29)19(15)12-21(28)24-13-18-8-9-20(23)25-16(18)2;/h3-9,26H,10-14H2,1-2H3,(H2,23,25)(H,24,28);1H. The number of nitrogens with one attached hydrogen (secondary N) is 2. The van der Waals surface area contributed by atoms with E-state index in [0.29, 0.717) is 29.1 Å². The van der Waals surface area contributed by atoms with E-state index in [1.807, 2.05) is 0 Å². The summed E-state index contributed by atoms with van der Waals surface area (Å²) in [5.74, 6) is -0.685. The minimum absolute atomic E-state index is 0. The average Bonchev–Trinajstić information content (AvgIpc) is 2.73. The summed E-state index contributed by atoms with van der Waals surface area (Å²) in [6, 6.07) is 12.2. The summed E-state index contributed by atoms with van der Waals surface area (Å²) in [6.07, 6.45) is 0.340. The Morgan fingerprint density at radius 1 is 1.15 bits per heavy atom. The Labute approximate surface area is 199 Å². The van der Waals surface area contributed by atoms with Crippen LogP contribution in [-0.2, 0) is 31.9 Å². The zero-order chi connectivity index (χ0) is 23.3. The van der Waals surface area contributed by atoms with E-state index in [2.05, 4.69) is 15.1 Å². The minimum Gasteiger partial charge on any atom is -0.384 e. The van der Waals surface area contributed by atoms with E-state index >= 15 is 0 Å². The molecule has 0 saturated heterocycles. The molecule has 9 nitrogen and oxygen atoms in total. The average molecular weight is 494 g/mol. The van der Waals surface area contributed by atoms with Crippen molar-refractivity contribution >= 4 is 40.1 Å². The molecule has 178 valence electrons. The van der Waals surface area contributed by atoms with Gasteiger partial charge in [-0.15, -0.1) is 17.2 Å². The first kappa shape index (κ1) is 26.3. The molecule has 2 aromatic rings. The highest BCUT2D eigenvalue weighted by Crippen LogP contribution is 2.21. The molecule has 0 bridgehead atoms. The van der Waals surface area contributed by atoms with E-state index in [1.165, 1.54) is 0 Å². The summed E-state index contributed by atoms with van der Waals surface area (Å²) in [7, 11) is -3.78. The van der Waals surface area contributed by atoms with Crippen LogP contribution in [0.5, 0.6) is 0 Å². The maximum atomic E-state index is 12.9.